The standard InChI is InChI=1S/C14H10F5NO/c15-12-6-1-3-9(13(12)16)8-20-10-4-2-5-11(7-10)21-14(17,18)19/h1-7,20H,8H2. The minimum atomic E-state index is -4.78. The molecule has 112 valence electrons. The fourth-order valence-electron chi connectivity index (χ4n) is 1.69. The number of alkyl halides is 3. The summed E-state index contributed by atoms with van der Waals surface area (Å²) in [5.74, 6) is -2.37. The van der Waals surface area contributed by atoms with Crippen molar-refractivity contribution in [2.24, 2.45) is 0 Å². The molecule has 0 saturated heterocycles. The van der Waals surface area contributed by atoms with Gasteiger partial charge in [-0.15, -0.1) is 13.2 Å². The van der Waals surface area contributed by atoms with Crippen LogP contribution in [0.4, 0.5) is 27.6 Å². The molecule has 0 saturated carbocycles. The smallest absolute Gasteiger partial charge is 0.406 e. The van der Waals surface area contributed by atoms with Gasteiger partial charge in [-0.25, -0.2) is 8.78 Å². The summed E-state index contributed by atoms with van der Waals surface area (Å²) in [6, 6.07) is 8.80. The van der Waals surface area contributed by atoms with Crippen LogP contribution in [0.2, 0.25) is 0 Å². The molecule has 1 N–H and O–H groups in total. The van der Waals surface area contributed by atoms with E-state index in [4.69, 9.17) is 0 Å². The molecule has 2 aromatic carbocycles. The largest absolute Gasteiger partial charge is 0.573 e. The van der Waals surface area contributed by atoms with Crippen molar-refractivity contribution in [3.63, 3.8) is 0 Å². The average Bonchev–Trinajstić information content (AvgIpc) is 2.39. The van der Waals surface area contributed by atoms with Gasteiger partial charge in [-0.2, -0.15) is 0 Å². The SMILES string of the molecule is Fc1cccc(CNc2cccc(OC(F)(F)F)c2)c1F. The van der Waals surface area contributed by atoms with Gasteiger partial charge in [-0.1, -0.05) is 18.2 Å². The summed E-state index contributed by atoms with van der Waals surface area (Å²) in [7, 11) is 0. The quantitative estimate of drug-likeness (QED) is 0.841. The van der Waals surface area contributed by atoms with E-state index in [-0.39, 0.29) is 12.1 Å². The van der Waals surface area contributed by atoms with E-state index in [1.165, 1.54) is 24.3 Å². The topological polar surface area (TPSA) is 21.3 Å². The highest BCUT2D eigenvalue weighted by Gasteiger charge is 2.31. The minimum Gasteiger partial charge on any atom is -0.406 e. The summed E-state index contributed by atoms with van der Waals surface area (Å²) in [6.07, 6.45) is -4.78. The normalized spacial score (nSPS) is 11.3. The van der Waals surface area contributed by atoms with Crippen molar-refractivity contribution in [3.8, 4) is 5.75 Å². The van der Waals surface area contributed by atoms with Gasteiger partial charge in [0.2, 0.25) is 0 Å². The van der Waals surface area contributed by atoms with E-state index in [0.717, 1.165) is 18.2 Å². The minimum absolute atomic E-state index is 0.0668. The molecule has 0 unspecified atom stereocenters. The first-order chi connectivity index (χ1) is 9.85. The Morgan fingerprint density at radius 3 is 2.43 bits per heavy atom. The molecule has 0 aliphatic heterocycles. The van der Waals surface area contributed by atoms with Gasteiger partial charge >= 0.3 is 6.36 Å². The summed E-state index contributed by atoms with van der Waals surface area (Å²) >= 11 is 0. The first-order valence-electron chi connectivity index (χ1n) is 5.88. The maximum Gasteiger partial charge on any atom is 0.573 e. The van der Waals surface area contributed by atoms with Crippen molar-refractivity contribution in [3.05, 3.63) is 59.7 Å². The average molecular weight is 303 g/mol. The van der Waals surface area contributed by atoms with E-state index in [2.05, 4.69) is 10.1 Å². The van der Waals surface area contributed by atoms with Crippen LogP contribution in [0.5, 0.6) is 5.75 Å². The predicted octanol–water partition coefficient (Wildman–Crippen LogP) is 4.48. The van der Waals surface area contributed by atoms with Crippen LogP contribution in [-0.4, -0.2) is 6.36 Å². The van der Waals surface area contributed by atoms with Crippen LogP contribution in [-0.2, 0) is 6.54 Å². The molecule has 21 heavy (non-hydrogen) atoms. The highest BCUT2D eigenvalue weighted by molar-refractivity contribution is 5.48. The Kier molecular flexibility index (Phi) is 4.30. The molecule has 0 bridgehead atoms. The molecule has 2 nitrogen and oxygen atoms in total. The summed E-state index contributed by atoms with van der Waals surface area (Å²) < 4.78 is 66.4. The van der Waals surface area contributed by atoms with Crippen LogP contribution in [0.1, 0.15) is 5.56 Å². The molecule has 0 radical (unpaired) electrons. The fourth-order valence-corrected chi connectivity index (χ4v) is 1.69. The second kappa shape index (κ2) is 5.99. The highest BCUT2D eigenvalue weighted by atomic mass is 19.4. The molecule has 2 aromatic rings. The zero-order valence-electron chi connectivity index (χ0n) is 10.5. The van der Waals surface area contributed by atoms with Gasteiger partial charge in [0.1, 0.15) is 5.75 Å². The Labute approximate surface area is 117 Å². The number of benzene rings is 2. The number of halogens is 5. The van der Waals surface area contributed by atoms with Crippen molar-refractivity contribution >= 4 is 5.69 Å². The van der Waals surface area contributed by atoms with Gasteiger partial charge in [-0.05, 0) is 18.2 Å². The number of ether oxygens (including phenoxy) is 1. The lowest BCUT2D eigenvalue weighted by Crippen LogP contribution is -2.17. The lowest BCUT2D eigenvalue weighted by atomic mass is 10.2. The molecular weight excluding hydrogens is 293 g/mol. The van der Waals surface area contributed by atoms with Crippen molar-refractivity contribution in [2.75, 3.05) is 5.32 Å². The fraction of sp³-hybridized carbons (Fsp3) is 0.143. The van der Waals surface area contributed by atoms with E-state index in [9.17, 15) is 22.0 Å². The Morgan fingerprint density at radius 1 is 1.00 bits per heavy atom. The number of hydrogen-bond donors (Lipinski definition) is 1. The van der Waals surface area contributed by atoms with Crippen LogP contribution in [0.25, 0.3) is 0 Å². The third kappa shape index (κ3) is 4.34. The van der Waals surface area contributed by atoms with Gasteiger partial charge in [0.05, 0.1) is 0 Å². The van der Waals surface area contributed by atoms with Crippen molar-refractivity contribution in [1.82, 2.24) is 0 Å². The lowest BCUT2D eigenvalue weighted by molar-refractivity contribution is -0.274. The van der Waals surface area contributed by atoms with Gasteiger partial charge < -0.3 is 10.1 Å². The van der Waals surface area contributed by atoms with Gasteiger partial charge in [-0.3, -0.25) is 0 Å². The molecular formula is C14H10F5NO. The first kappa shape index (κ1) is 15.1. The molecule has 0 aromatic heterocycles. The van der Waals surface area contributed by atoms with E-state index < -0.39 is 23.7 Å². The molecule has 0 aliphatic carbocycles. The van der Waals surface area contributed by atoms with Gasteiger partial charge in [0, 0.05) is 23.9 Å². The molecule has 0 amide bonds. The number of rotatable bonds is 4. The number of anilines is 1. The first-order valence-corrected chi connectivity index (χ1v) is 5.88. The monoisotopic (exact) mass is 303 g/mol. The highest BCUT2D eigenvalue weighted by Crippen LogP contribution is 2.25. The third-order valence-corrected chi connectivity index (χ3v) is 2.58. The Morgan fingerprint density at radius 2 is 1.71 bits per heavy atom. The van der Waals surface area contributed by atoms with Crippen LogP contribution in [0.15, 0.2) is 42.5 Å². The van der Waals surface area contributed by atoms with Gasteiger partial charge in [0.15, 0.2) is 11.6 Å². The molecule has 2 rings (SSSR count). The molecule has 0 aliphatic rings. The zero-order chi connectivity index (χ0) is 15.5. The predicted molar refractivity (Wildman–Crippen MR) is 66.8 cm³/mol. The molecule has 7 heteroatoms. The summed E-state index contributed by atoms with van der Waals surface area (Å²) in [5.41, 5.74) is 0.359. The second-order valence-corrected chi connectivity index (χ2v) is 4.14. The van der Waals surface area contributed by atoms with E-state index in [1.807, 2.05) is 0 Å². The van der Waals surface area contributed by atoms with Crippen molar-refractivity contribution < 1.29 is 26.7 Å². The van der Waals surface area contributed by atoms with Gasteiger partial charge in [0.25, 0.3) is 0 Å². The number of hydrogen-bond acceptors (Lipinski definition) is 2. The Balaban J connectivity index is 2.07. The Hall–Kier alpha value is -2.31. The zero-order valence-corrected chi connectivity index (χ0v) is 10.5. The summed E-state index contributed by atoms with van der Waals surface area (Å²) in [4.78, 5) is 0. The van der Waals surface area contributed by atoms with Crippen molar-refractivity contribution in [2.45, 2.75) is 12.9 Å². The van der Waals surface area contributed by atoms with Crippen LogP contribution in [0, 0.1) is 11.6 Å². The van der Waals surface area contributed by atoms with E-state index in [0.29, 0.717) is 5.69 Å². The van der Waals surface area contributed by atoms with E-state index in [1.54, 1.807) is 0 Å². The summed E-state index contributed by atoms with van der Waals surface area (Å²) in [5, 5.41) is 2.70. The maximum atomic E-state index is 13.4. The number of nitrogens with one attached hydrogen (secondary N) is 1. The van der Waals surface area contributed by atoms with E-state index >= 15 is 0 Å². The third-order valence-electron chi connectivity index (χ3n) is 2.58. The second-order valence-electron chi connectivity index (χ2n) is 4.14. The van der Waals surface area contributed by atoms with Crippen LogP contribution >= 0.6 is 0 Å². The molecule has 0 heterocycles. The lowest BCUT2D eigenvalue weighted by Gasteiger charge is -2.11. The van der Waals surface area contributed by atoms with Crippen molar-refractivity contribution in [1.29, 1.82) is 0 Å². The maximum absolute atomic E-state index is 13.4. The Bertz CT molecular complexity index is 627. The van der Waals surface area contributed by atoms with Crippen LogP contribution < -0.4 is 10.1 Å². The molecule has 0 fully saturated rings. The van der Waals surface area contributed by atoms with Crippen LogP contribution in [0.3, 0.4) is 0 Å². The molecule has 0 spiro atoms. The summed E-state index contributed by atoms with van der Waals surface area (Å²) in [6.45, 7) is -0.0704. The molecule has 0 atom stereocenters.